The molecule has 5 aliphatic heterocycles. The van der Waals surface area contributed by atoms with Crippen molar-refractivity contribution in [2.75, 3.05) is 31.1 Å². The Kier molecular flexibility index (Phi) is 6.19. The van der Waals surface area contributed by atoms with Crippen molar-refractivity contribution in [1.29, 1.82) is 0 Å². The van der Waals surface area contributed by atoms with Gasteiger partial charge in [0.2, 0.25) is 0 Å². The minimum Gasteiger partial charge on any atom is -0.461 e. The first kappa shape index (κ1) is 25.5. The second-order valence-corrected chi connectivity index (χ2v) is 13.0. The van der Waals surface area contributed by atoms with Crippen LogP contribution in [0, 0.1) is 12.3 Å². The molecule has 4 fully saturated rings. The Morgan fingerprint density at radius 2 is 1.93 bits per heavy atom. The molecule has 41 heavy (non-hydrogen) atoms. The van der Waals surface area contributed by atoms with E-state index in [0.29, 0.717) is 50.1 Å². The first-order valence-electron chi connectivity index (χ1n) is 15.5. The normalized spacial score (nSPS) is 30.8. The maximum atomic E-state index is 14.4. The van der Waals surface area contributed by atoms with Gasteiger partial charge in [-0.3, -0.25) is 4.90 Å². The zero-order valence-electron chi connectivity index (χ0n) is 23.6. The molecule has 2 bridgehead atoms. The van der Waals surface area contributed by atoms with Crippen LogP contribution in [0.2, 0.25) is 0 Å². The number of anilines is 1. The van der Waals surface area contributed by atoms with Crippen LogP contribution < -0.4 is 15.0 Å². The Labute approximate surface area is 241 Å². The predicted molar refractivity (Wildman–Crippen MR) is 159 cm³/mol. The average Bonchev–Trinajstić information content (AvgIpc) is 3.64. The number of nitrogens with one attached hydrogen (secondary N) is 1. The van der Waals surface area contributed by atoms with Gasteiger partial charge in [-0.2, -0.15) is 9.97 Å². The van der Waals surface area contributed by atoms with E-state index in [1.807, 2.05) is 12.1 Å². The second-order valence-electron chi connectivity index (χ2n) is 13.0. The van der Waals surface area contributed by atoms with Crippen molar-refractivity contribution >= 4 is 16.5 Å². The summed E-state index contributed by atoms with van der Waals surface area (Å²) >= 11 is 0. The minimum atomic E-state index is -0.772. The summed E-state index contributed by atoms with van der Waals surface area (Å²) < 4.78 is 20.9. The van der Waals surface area contributed by atoms with E-state index in [9.17, 15) is 4.39 Å². The molecule has 0 unspecified atom stereocenters. The Morgan fingerprint density at radius 3 is 2.76 bits per heavy atom. The molecule has 6 heterocycles. The van der Waals surface area contributed by atoms with E-state index in [4.69, 9.17) is 21.1 Å². The Bertz CT molecular complexity index is 1520. The number of fused-ring (bicyclic) bond motifs is 5. The molecule has 4 saturated heterocycles. The summed E-state index contributed by atoms with van der Waals surface area (Å²) in [5.74, 6) is 3.32. The lowest BCUT2D eigenvalue weighted by Gasteiger charge is -2.35. The van der Waals surface area contributed by atoms with Crippen LogP contribution in [0.15, 0.2) is 36.4 Å². The van der Waals surface area contributed by atoms with Crippen LogP contribution in [-0.4, -0.2) is 64.9 Å². The molecular weight excluding hydrogens is 513 g/mol. The highest BCUT2D eigenvalue weighted by molar-refractivity contribution is 5.98. The van der Waals surface area contributed by atoms with E-state index >= 15 is 0 Å². The van der Waals surface area contributed by atoms with Crippen molar-refractivity contribution in [2.24, 2.45) is 0 Å². The number of nitrogens with zero attached hydrogens (tertiary/aromatic N) is 4. The van der Waals surface area contributed by atoms with Crippen LogP contribution in [0.4, 0.5) is 10.1 Å². The molecule has 2 aromatic carbocycles. The van der Waals surface area contributed by atoms with Gasteiger partial charge < -0.3 is 15.0 Å². The number of halogens is 1. The van der Waals surface area contributed by atoms with E-state index in [2.05, 4.69) is 45.3 Å². The average molecular weight is 552 g/mol. The standard InChI is InChI=1S/C34H38FN5O/c1-2-22-6-3-7-23-8-4-9-30(31(22)23)39-15-12-28-29(20-39)37-33(38-32(28)24-16-26-10-11-27(17-24)36-26)41-21-34-13-5-14-40(34)19-25(35)18-34/h1,3-4,6-9,24-27,36H,5,10-21H2/t24-,25-,26-,27+,34+/m1/s1. The lowest BCUT2D eigenvalue weighted by molar-refractivity contribution is 0.106. The van der Waals surface area contributed by atoms with Crippen molar-refractivity contribution in [3.8, 4) is 18.4 Å². The van der Waals surface area contributed by atoms with Crippen LogP contribution in [0.5, 0.6) is 6.01 Å². The van der Waals surface area contributed by atoms with E-state index in [0.717, 1.165) is 72.9 Å². The minimum absolute atomic E-state index is 0.215. The highest BCUT2D eigenvalue weighted by Crippen LogP contribution is 2.42. The number of aromatic nitrogens is 2. The van der Waals surface area contributed by atoms with Gasteiger partial charge in [0.05, 0.1) is 23.5 Å². The Hall–Kier alpha value is -3.21. The van der Waals surface area contributed by atoms with Crippen molar-refractivity contribution in [2.45, 2.75) is 87.6 Å². The second kappa shape index (κ2) is 9.96. The molecule has 8 rings (SSSR count). The molecule has 0 amide bonds. The van der Waals surface area contributed by atoms with Gasteiger partial charge >= 0.3 is 6.01 Å². The molecule has 0 radical (unpaired) electrons. The molecule has 6 nitrogen and oxygen atoms in total. The van der Waals surface area contributed by atoms with Gasteiger partial charge in [-0.25, -0.2) is 4.39 Å². The van der Waals surface area contributed by atoms with Crippen LogP contribution in [-0.2, 0) is 13.0 Å². The molecule has 5 aliphatic rings. The number of alkyl halides is 1. The van der Waals surface area contributed by atoms with Gasteiger partial charge in [-0.05, 0) is 74.6 Å². The van der Waals surface area contributed by atoms with Gasteiger partial charge in [-0.1, -0.05) is 30.2 Å². The maximum Gasteiger partial charge on any atom is 0.316 e. The van der Waals surface area contributed by atoms with Crippen molar-refractivity contribution in [1.82, 2.24) is 20.2 Å². The molecule has 0 spiro atoms. The topological polar surface area (TPSA) is 53.5 Å². The first-order chi connectivity index (χ1) is 20.1. The summed E-state index contributed by atoms with van der Waals surface area (Å²) in [4.78, 5) is 14.9. The first-order valence-corrected chi connectivity index (χ1v) is 15.5. The predicted octanol–water partition coefficient (Wildman–Crippen LogP) is 5.13. The third kappa shape index (κ3) is 4.38. The number of benzene rings is 2. The lowest BCUT2D eigenvalue weighted by Crippen LogP contribution is -2.43. The van der Waals surface area contributed by atoms with Crippen molar-refractivity contribution in [3.63, 3.8) is 0 Å². The third-order valence-electron chi connectivity index (χ3n) is 10.5. The summed E-state index contributed by atoms with van der Waals surface area (Å²) in [7, 11) is 0. The summed E-state index contributed by atoms with van der Waals surface area (Å²) in [5, 5.41) is 6.08. The van der Waals surface area contributed by atoms with Gasteiger partial charge in [0, 0.05) is 54.1 Å². The van der Waals surface area contributed by atoms with Crippen LogP contribution >= 0.6 is 0 Å². The number of hydrogen-bond acceptors (Lipinski definition) is 6. The number of piperidine rings is 1. The molecule has 7 heteroatoms. The van der Waals surface area contributed by atoms with Crippen molar-refractivity contribution < 1.29 is 9.13 Å². The number of hydrogen-bond donors (Lipinski definition) is 1. The van der Waals surface area contributed by atoms with E-state index in [-0.39, 0.29) is 5.54 Å². The smallest absolute Gasteiger partial charge is 0.316 e. The van der Waals surface area contributed by atoms with Crippen LogP contribution in [0.1, 0.15) is 73.4 Å². The lowest BCUT2D eigenvalue weighted by atomic mass is 9.85. The molecule has 0 aliphatic carbocycles. The highest BCUT2D eigenvalue weighted by atomic mass is 19.1. The molecule has 212 valence electrons. The fraction of sp³-hybridized carbons (Fsp3) is 0.529. The van der Waals surface area contributed by atoms with Crippen LogP contribution in [0.25, 0.3) is 10.8 Å². The number of ether oxygens (including phenoxy) is 1. The summed E-state index contributed by atoms with van der Waals surface area (Å²) in [6.45, 7) is 3.53. The monoisotopic (exact) mass is 551 g/mol. The van der Waals surface area contributed by atoms with Gasteiger partial charge in [0.1, 0.15) is 12.8 Å². The molecule has 3 aromatic rings. The van der Waals surface area contributed by atoms with E-state index < -0.39 is 6.17 Å². The fourth-order valence-corrected chi connectivity index (χ4v) is 8.68. The summed E-state index contributed by atoms with van der Waals surface area (Å²) in [6.07, 6.45) is 13.5. The Morgan fingerprint density at radius 1 is 1.10 bits per heavy atom. The largest absolute Gasteiger partial charge is 0.461 e. The molecule has 1 aromatic heterocycles. The maximum absolute atomic E-state index is 14.4. The van der Waals surface area contributed by atoms with Gasteiger partial charge in [-0.15, -0.1) is 6.42 Å². The molecule has 0 saturated carbocycles. The van der Waals surface area contributed by atoms with Crippen LogP contribution in [0.3, 0.4) is 0 Å². The third-order valence-corrected chi connectivity index (χ3v) is 10.5. The van der Waals surface area contributed by atoms with Crippen molar-refractivity contribution in [3.05, 3.63) is 58.9 Å². The molecular formula is C34H38FN5O. The fourth-order valence-electron chi connectivity index (χ4n) is 8.68. The highest BCUT2D eigenvalue weighted by Gasteiger charge is 2.49. The zero-order valence-corrected chi connectivity index (χ0v) is 23.6. The number of terminal acetylenes is 1. The molecule has 5 atom stereocenters. The molecule has 1 N–H and O–H groups in total. The van der Waals surface area contributed by atoms with E-state index in [1.165, 1.54) is 24.1 Å². The van der Waals surface area contributed by atoms with Gasteiger partial charge in [0.15, 0.2) is 0 Å². The quantitative estimate of drug-likeness (QED) is 0.444. The Balaban J connectivity index is 1.15. The summed E-state index contributed by atoms with van der Waals surface area (Å²) in [5.41, 5.74) is 5.43. The summed E-state index contributed by atoms with van der Waals surface area (Å²) in [6, 6.07) is 14.2. The SMILES string of the molecule is C#Cc1cccc2cccc(N3CCc4c(nc(OC[C@@]56CCCN5C[C@H](F)C6)nc4[C@@H]4C[C@H]5CC[C@@H](C4)N5)C3)c12. The zero-order chi connectivity index (χ0) is 27.6. The number of rotatable bonds is 5. The van der Waals surface area contributed by atoms with Gasteiger partial charge in [0.25, 0.3) is 0 Å². The van der Waals surface area contributed by atoms with E-state index in [1.54, 1.807) is 0 Å².